The van der Waals surface area contributed by atoms with E-state index in [1.165, 1.54) is 4.88 Å². The van der Waals surface area contributed by atoms with Gasteiger partial charge in [-0.2, -0.15) is 0 Å². The molecule has 1 heterocycles. The van der Waals surface area contributed by atoms with E-state index in [1.807, 2.05) is 6.92 Å². The molecule has 1 aromatic heterocycles. The first-order valence-corrected chi connectivity index (χ1v) is 6.99. The fourth-order valence-electron chi connectivity index (χ4n) is 1.56. The van der Waals surface area contributed by atoms with Crippen LogP contribution in [0.4, 0.5) is 0 Å². The van der Waals surface area contributed by atoms with Crippen molar-refractivity contribution in [2.75, 3.05) is 13.7 Å². The van der Waals surface area contributed by atoms with Gasteiger partial charge in [-0.25, -0.2) is 0 Å². The SMILES string of the molecule is COCC(C)NC(=S)NC(C)Cc1cccs1. The predicted octanol–water partition coefficient (Wildman–Crippen LogP) is 2.18. The Morgan fingerprint density at radius 2 is 2.12 bits per heavy atom. The molecule has 2 N–H and O–H groups in total. The lowest BCUT2D eigenvalue weighted by molar-refractivity contribution is 0.179. The first kappa shape index (κ1) is 14.4. The van der Waals surface area contributed by atoms with E-state index in [2.05, 4.69) is 35.1 Å². The van der Waals surface area contributed by atoms with Crippen molar-refractivity contribution >= 4 is 28.7 Å². The molecule has 1 aromatic rings. The van der Waals surface area contributed by atoms with Crippen LogP contribution in [0.2, 0.25) is 0 Å². The van der Waals surface area contributed by atoms with E-state index in [1.54, 1.807) is 18.4 Å². The molecule has 0 aliphatic rings. The van der Waals surface area contributed by atoms with Gasteiger partial charge in [0.05, 0.1) is 6.61 Å². The second-order valence-corrected chi connectivity index (χ2v) is 5.60. The number of rotatable bonds is 6. The third-order valence-electron chi connectivity index (χ3n) is 2.26. The summed E-state index contributed by atoms with van der Waals surface area (Å²) in [5.74, 6) is 0. The van der Waals surface area contributed by atoms with Crippen LogP contribution < -0.4 is 10.6 Å². The van der Waals surface area contributed by atoms with E-state index in [0.29, 0.717) is 17.8 Å². The fraction of sp³-hybridized carbons (Fsp3) is 0.583. The van der Waals surface area contributed by atoms with Gasteiger partial charge in [0.1, 0.15) is 0 Å². The van der Waals surface area contributed by atoms with Crippen molar-refractivity contribution in [2.24, 2.45) is 0 Å². The molecule has 3 nitrogen and oxygen atoms in total. The minimum atomic E-state index is 0.230. The van der Waals surface area contributed by atoms with Crippen LogP contribution in [-0.4, -0.2) is 30.9 Å². The lowest BCUT2D eigenvalue weighted by Crippen LogP contribution is -2.46. The molecule has 1 rings (SSSR count). The molecule has 0 spiro atoms. The molecule has 5 heteroatoms. The van der Waals surface area contributed by atoms with Crippen LogP contribution in [0.5, 0.6) is 0 Å². The molecular weight excluding hydrogens is 252 g/mol. The lowest BCUT2D eigenvalue weighted by Gasteiger charge is -2.19. The Labute approximate surface area is 113 Å². The zero-order valence-electron chi connectivity index (χ0n) is 10.5. The molecule has 96 valence electrons. The molecule has 0 saturated heterocycles. The van der Waals surface area contributed by atoms with E-state index in [-0.39, 0.29) is 6.04 Å². The summed E-state index contributed by atoms with van der Waals surface area (Å²) in [7, 11) is 1.69. The van der Waals surface area contributed by atoms with Gasteiger partial charge in [-0.1, -0.05) is 6.07 Å². The topological polar surface area (TPSA) is 33.3 Å². The normalized spacial score (nSPS) is 14.1. The smallest absolute Gasteiger partial charge is 0.166 e. The molecule has 2 atom stereocenters. The maximum absolute atomic E-state index is 5.24. The molecule has 17 heavy (non-hydrogen) atoms. The van der Waals surface area contributed by atoms with Gasteiger partial charge in [0.25, 0.3) is 0 Å². The molecule has 0 aromatic carbocycles. The number of nitrogens with one attached hydrogen (secondary N) is 2. The highest BCUT2D eigenvalue weighted by molar-refractivity contribution is 7.80. The van der Waals surface area contributed by atoms with Crippen molar-refractivity contribution in [1.29, 1.82) is 0 Å². The van der Waals surface area contributed by atoms with Crippen LogP contribution in [0.15, 0.2) is 17.5 Å². The van der Waals surface area contributed by atoms with Crippen molar-refractivity contribution in [3.05, 3.63) is 22.4 Å². The summed E-state index contributed by atoms with van der Waals surface area (Å²) in [4.78, 5) is 1.37. The first-order valence-electron chi connectivity index (χ1n) is 5.70. The first-order chi connectivity index (χ1) is 8.11. The van der Waals surface area contributed by atoms with E-state index in [0.717, 1.165) is 6.42 Å². The van der Waals surface area contributed by atoms with Crippen LogP contribution in [-0.2, 0) is 11.2 Å². The zero-order valence-corrected chi connectivity index (χ0v) is 12.2. The van der Waals surface area contributed by atoms with E-state index in [4.69, 9.17) is 17.0 Å². The van der Waals surface area contributed by atoms with Gasteiger partial charge in [0, 0.05) is 30.5 Å². The number of methoxy groups -OCH3 is 1. The van der Waals surface area contributed by atoms with Crippen molar-refractivity contribution in [3.63, 3.8) is 0 Å². The quantitative estimate of drug-likeness (QED) is 0.778. The molecule has 0 amide bonds. The highest BCUT2D eigenvalue weighted by Gasteiger charge is 2.08. The van der Waals surface area contributed by atoms with Gasteiger partial charge in [0.15, 0.2) is 5.11 Å². The van der Waals surface area contributed by atoms with Crippen molar-refractivity contribution in [1.82, 2.24) is 10.6 Å². The van der Waals surface area contributed by atoms with Gasteiger partial charge < -0.3 is 15.4 Å². The van der Waals surface area contributed by atoms with E-state index >= 15 is 0 Å². The summed E-state index contributed by atoms with van der Waals surface area (Å²) in [5, 5.41) is 9.26. The Balaban J connectivity index is 2.26. The van der Waals surface area contributed by atoms with Crippen LogP contribution in [0.1, 0.15) is 18.7 Å². The molecule has 2 unspecified atom stereocenters. The third kappa shape index (κ3) is 6.00. The van der Waals surface area contributed by atoms with Gasteiger partial charge in [-0.3, -0.25) is 0 Å². The summed E-state index contributed by atoms with van der Waals surface area (Å²) < 4.78 is 5.05. The summed E-state index contributed by atoms with van der Waals surface area (Å²) >= 11 is 7.02. The molecule has 0 fully saturated rings. The second-order valence-electron chi connectivity index (χ2n) is 4.16. The highest BCUT2D eigenvalue weighted by atomic mass is 32.1. The van der Waals surface area contributed by atoms with E-state index in [9.17, 15) is 0 Å². The average Bonchev–Trinajstić information content (AvgIpc) is 2.69. The molecule has 0 bridgehead atoms. The van der Waals surface area contributed by atoms with Gasteiger partial charge >= 0.3 is 0 Å². The average molecular weight is 272 g/mol. The van der Waals surface area contributed by atoms with Gasteiger partial charge in [0.2, 0.25) is 0 Å². The van der Waals surface area contributed by atoms with E-state index < -0.39 is 0 Å². The standard InChI is InChI=1S/C12H20N2OS2/c1-9(7-11-5-4-6-17-11)13-12(16)14-10(2)8-15-3/h4-6,9-10H,7-8H2,1-3H3,(H2,13,14,16). The number of thiophene rings is 1. The molecule has 0 radical (unpaired) electrons. The maximum atomic E-state index is 5.24. The van der Waals surface area contributed by atoms with Crippen LogP contribution in [0, 0.1) is 0 Å². The van der Waals surface area contributed by atoms with Gasteiger partial charge in [-0.15, -0.1) is 11.3 Å². The molecule has 0 aliphatic carbocycles. The third-order valence-corrected chi connectivity index (χ3v) is 3.39. The Morgan fingerprint density at radius 1 is 1.41 bits per heavy atom. The van der Waals surface area contributed by atoms with Gasteiger partial charge in [-0.05, 0) is 37.5 Å². The maximum Gasteiger partial charge on any atom is 0.166 e. The number of hydrogen-bond donors (Lipinski definition) is 2. The summed E-state index contributed by atoms with van der Waals surface area (Å²) in [6, 6.07) is 4.79. The fourth-order valence-corrected chi connectivity index (χ4v) is 2.80. The summed E-state index contributed by atoms with van der Waals surface area (Å²) in [6.45, 7) is 4.83. The minimum absolute atomic E-state index is 0.230. The predicted molar refractivity (Wildman–Crippen MR) is 77.7 cm³/mol. The molecule has 0 aliphatic heterocycles. The van der Waals surface area contributed by atoms with Crippen molar-refractivity contribution in [2.45, 2.75) is 32.4 Å². The zero-order chi connectivity index (χ0) is 12.7. The monoisotopic (exact) mass is 272 g/mol. The van der Waals surface area contributed by atoms with Crippen molar-refractivity contribution in [3.8, 4) is 0 Å². The lowest BCUT2D eigenvalue weighted by atomic mass is 10.2. The Kier molecular flexibility index (Phi) is 6.47. The number of thiocarbonyl (C=S) groups is 1. The highest BCUT2D eigenvalue weighted by Crippen LogP contribution is 2.10. The molecule has 0 saturated carbocycles. The second kappa shape index (κ2) is 7.63. The van der Waals surface area contributed by atoms with Crippen LogP contribution >= 0.6 is 23.6 Å². The van der Waals surface area contributed by atoms with Crippen LogP contribution in [0.3, 0.4) is 0 Å². The largest absolute Gasteiger partial charge is 0.383 e. The summed E-state index contributed by atoms with van der Waals surface area (Å²) in [5.41, 5.74) is 0. The van der Waals surface area contributed by atoms with Crippen molar-refractivity contribution < 1.29 is 4.74 Å². The summed E-state index contributed by atoms with van der Waals surface area (Å²) in [6.07, 6.45) is 0.998. The molecular formula is C12H20N2OS2. The Bertz CT molecular complexity index is 327. The minimum Gasteiger partial charge on any atom is -0.383 e. The van der Waals surface area contributed by atoms with Crippen LogP contribution in [0.25, 0.3) is 0 Å². The Hall–Kier alpha value is -0.650. The Morgan fingerprint density at radius 3 is 2.71 bits per heavy atom. The number of hydrogen-bond acceptors (Lipinski definition) is 3. The number of ether oxygens (including phenoxy) is 1.